The molecule has 0 radical (unpaired) electrons. The molecule has 4 nitrogen and oxygen atoms in total. The van der Waals surface area contributed by atoms with Gasteiger partial charge in [0, 0.05) is 25.2 Å². The zero-order chi connectivity index (χ0) is 9.97. The molecule has 80 valence electrons. The van der Waals surface area contributed by atoms with Crippen LogP contribution >= 0.6 is 0 Å². The van der Waals surface area contributed by atoms with Gasteiger partial charge in [0.15, 0.2) is 0 Å². The number of carbonyl (C=O) groups excluding carboxylic acids is 1. The van der Waals surface area contributed by atoms with E-state index in [1.807, 2.05) is 0 Å². The standard InChI is InChI=1S/C10H19N3O/c11-10(14)7-13-5-3-9(4-6-13)12-8-1-2-8/h8-9,12H,1-7H2,(H2,11,14). The fourth-order valence-corrected chi connectivity index (χ4v) is 2.06. The van der Waals surface area contributed by atoms with Gasteiger partial charge in [-0.3, -0.25) is 9.69 Å². The van der Waals surface area contributed by atoms with E-state index in [4.69, 9.17) is 5.73 Å². The van der Waals surface area contributed by atoms with E-state index in [2.05, 4.69) is 10.2 Å². The molecule has 14 heavy (non-hydrogen) atoms. The van der Waals surface area contributed by atoms with Crippen LogP contribution in [0.25, 0.3) is 0 Å². The first-order valence-corrected chi connectivity index (χ1v) is 5.51. The number of nitrogens with zero attached hydrogens (tertiary/aromatic N) is 1. The number of primary amides is 1. The van der Waals surface area contributed by atoms with E-state index in [-0.39, 0.29) is 5.91 Å². The van der Waals surface area contributed by atoms with E-state index >= 15 is 0 Å². The first kappa shape index (κ1) is 9.93. The molecule has 1 saturated carbocycles. The van der Waals surface area contributed by atoms with Gasteiger partial charge in [-0.05, 0) is 25.7 Å². The van der Waals surface area contributed by atoms with Gasteiger partial charge in [-0.2, -0.15) is 0 Å². The van der Waals surface area contributed by atoms with Crippen LogP contribution in [-0.2, 0) is 4.79 Å². The van der Waals surface area contributed by atoms with E-state index in [1.165, 1.54) is 12.8 Å². The summed E-state index contributed by atoms with van der Waals surface area (Å²) in [7, 11) is 0. The predicted molar refractivity (Wildman–Crippen MR) is 54.8 cm³/mol. The zero-order valence-corrected chi connectivity index (χ0v) is 8.54. The Balaban J connectivity index is 1.66. The quantitative estimate of drug-likeness (QED) is 0.650. The molecule has 1 amide bonds. The molecule has 0 spiro atoms. The Kier molecular flexibility index (Phi) is 3.03. The lowest BCUT2D eigenvalue weighted by Gasteiger charge is -2.31. The Bertz CT molecular complexity index is 207. The number of carbonyl (C=O) groups is 1. The van der Waals surface area contributed by atoms with Crippen molar-refractivity contribution < 1.29 is 4.79 Å². The van der Waals surface area contributed by atoms with Crippen molar-refractivity contribution in [2.45, 2.75) is 37.8 Å². The smallest absolute Gasteiger partial charge is 0.231 e. The van der Waals surface area contributed by atoms with Gasteiger partial charge < -0.3 is 11.1 Å². The van der Waals surface area contributed by atoms with Crippen molar-refractivity contribution in [3.05, 3.63) is 0 Å². The van der Waals surface area contributed by atoms with E-state index in [0.717, 1.165) is 32.0 Å². The molecule has 2 fully saturated rings. The number of nitrogens with two attached hydrogens (primary N) is 1. The molecular weight excluding hydrogens is 178 g/mol. The van der Waals surface area contributed by atoms with Gasteiger partial charge in [0.25, 0.3) is 0 Å². The van der Waals surface area contributed by atoms with Crippen LogP contribution in [0.4, 0.5) is 0 Å². The summed E-state index contributed by atoms with van der Waals surface area (Å²) in [6.45, 7) is 2.44. The third kappa shape index (κ3) is 2.96. The number of likely N-dealkylation sites (tertiary alicyclic amines) is 1. The van der Waals surface area contributed by atoms with Crippen molar-refractivity contribution in [1.82, 2.24) is 10.2 Å². The molecule has 0 aromatic heterocycles. The van der Waals surface area contributed by atoms with Gasteiger partial charge >= 0.3 is 0 Å². The number of hydrogen-bond acceptors (Lipinski definition) is 3. The average molecular weight is 197 g/mol. The lowest BCUT2D eigenvalue weighted by Crippen LogP contribution is -2.45. The Morgan fingerprint density at radius 1 is 1.21 bits per heavy atom. The monoisotopic (exact) mass is 197 g/mol. The molecular formula is C10H19N3O. The van der Waals surface area contributed by atoms with Gasteiger partial charge in [-0.15, -0.1) is 0 Å². The number of hydrogen-bond donors (Lipinski definition) is 2. The van der Waals surface area contributed by atoms with Crippen molar-refractivity contribution in [3.63, 3.8) is 0 Å². The van der Waals surface area contributed by atoms with Crippen LogP contribution in [0, 0.1) is 0 Å². The number of nitrogens with one attached hydrogen (secondary N) is 1. The third-order valence-electron chi connectivity index (χ3n) is 3.02. The maximum absolute atomic E-state index is 10.7. The molecule has 1 saturated heterocycles. The molecule has 1 heterocycles. The fraction of sp³-hybridized carbons (Fsp3) is 0.900. The molecule has 0 aromatic carbocycles. The topological polar surface area (TPSA) is 58.4 Å². The second-order valence-corrected chi connectivity index (χ2v) is 4.46. The van der Waals surface area contributed by atoms with E-state index in [1.54, 1.807) is 0 Å². The summed E-state index contributed by atoms with van der Waals surface area (Å²) in [4.78, 5) is 12.8. The van der Waals surface area contributed by atoms with Crippen molar-refractivity contribution >= 4 is 5.91 Å². The summed E-state index contributed by atoms with van der Waals surface area (Å²) in [5.41, 5.74) is 5.15. The largest absolute Gasteiger partial charge is 0.369 e. The first-order valence-electron chi connectivity index (χ1n) is 5.51. The van der Waals surface area contributed by atoms with Crippen LogP contribution in [0.3, 0.4) is 0 Å². The predicted octanol–water partition coefficient (Wildman–Crippen LogP) is -0.312. The molecule has 0 aromatic rings. The third-order valence-corrected chi connectivity index (χ3v) is 3.02. The highest BCUT2D eigenvalue weighted by Crippen LogP contribution is 2.22. The summed E-state index contributed by atoms with van der Waals surface area (Å²) >= 11 is 0. The SMILES string of the molecule is NC(=O)CN1CCC(NC2CC2)CC1. The van der Waals surface area contributed by atoms with Gasteiger partial charge in [0.05, 0.1) is 6.54 Å². The van der Waals surface area contributed by atoms with Gasteiger partial charge in [-0.1, -0.05) is 0 Å². The second kappa shape index (κ2) is 4.28. The zero-order valence-electron chi connectivity index (χ0n) is 8.54. The molecule has 4 heteroatoms. The molecule has 0 bridgehead atoms. The van der Waals surface area contributed by atoms with Gasteiger partial charge in [0.1, 0.15) is 0 Å². The minimum Gasteiger partial charge on any atom is -0.369 e. The minimum absolute atomic E-state index is 0.210. The summed E-state index contributed by atoms with van der Waals surface area (Å²) in [6.07, 6.45) is 5.01. The molecule has 0 unspecified atom stereocenters. The summed E-state index contributed by atoms with van der Waals surface area (Å²) in [6, 6.07) is 1.47. The molecule has 1 aliphatic carbocycles. The summed E-state index contributed by atoms with van der Waals surface area (Å²) in [5, 5.41) is 3.62. The fourth-order valence-electron chi connectivity index (χ4n) is 2.06. The lowest BCUT2D eigenvalue weighted by atomic mass is 10.1. The van der Waals surface area contributed by atoms with E-state index in [0.29, 0.717) is 12.6 Å². The second-order valence-electron chi connectivity index (χ2n) is 4.46. The van der Waals surface area contributed by atoms with Crippen LogP contribution in [0.1, 0.15) is 25.7 Å². The van der Waals surface area contributed by atoms with Crippen LogP contribution < -0.4 is 11.1 Å². The number of piperidine rings is 1. The maximum Gasteiger partial charge on any atom is 0.231 e. The van der Waals surface area contributed by atoms with Crippen molar-refractivity contribution in [2.75, 3.05) is 19.6 Å². The Labute approximate surface area is 84.8 Å². The lowest BCUT2D eigenvalue weighted by molar-refractivity contribution is -0.119. The highest BCUT2D eigenvalue weighted by molar-refractivity contribution is 5.75. The maximum atomic E-state index is 10.7. The van der Waals surface area contributed by atoms with E-state index < -0.39 is 0 Å². The van der Waals surface area contributed by atoms with Crippen molar-refractivity contribution in [1.29, 1.82) is 0 Å². The molecule has 0 atom stereocenters. The molecule has 2 rings (SSSR count). The normalized spacial score (nSPS) is 25.1. The number of amides is 1. The van der Waals surface area contributed by atoms with Crippen LogP contribution in [0.5, 0.6) is 0 Å². The van der Waals surface area contributed by atoms with Gasteiger partial charge in [0.2, 0.25) is 5.91 Å². The molecule has 1 aliphatic heterocycles. The van der Waals surface area contributed by atoms with E-state index in [9.17, 15) is 4.79 Å². The first-order chi connectivity index (χ1) is 6.74. The van der Waals surface area contributed by atoms with Crippen molar-refractivity contribution in [3.8, 4) is 0 Å². The Hall–Kier alpha value is -0.610. The number of rotatable bonds is 4. The highest BCUT2D eigenvalue weighted by atomic mass is 16.1. The average Bonchev–Trinajstić information content (AvgIpc) is 2.91. The van der Waals surface area contributed by atoms with Crippen LogP contribution in [0.15, 0.2) is 0 Å². The Morgan fingerprint density at radius 3 is 2.29 bits per heavy atom. The molecule has 3 N–H and O–H groups in total. The van der Waals surface area contributed by atoms with Gasteiger partial charge in [-0.25, -0.2) is 0 Å². The summed E-state index contributed by atoms with van der Waals surface area (Å²) in [5.74, 6) is -0.210. The van der Waals surface area contributed by atoms with Crippen LogP contribution in [-0.4, -0.2) is 42.5 Å². The summed E-state index contributed by atoms with van der Waals surface area (Å²) < 4.78 is 0. The minimum atomic E-state index is -0.210. The Morgan fingerprint density at radius 2 is 1.79 bits per heavy atom. The van der Waals surface area contributed by atoms with Crippen molar-refractivity contribution in [2.24, 2.45) is 5.73 Å². The molecule has 2 aliphatic rings. The van der Waals surface area contributed by atoms with Crippen LogP contribution in [0.2, 0.25) is 0 Å². The highest BCUT2D eigenvalue weighted by Gasteiger charge is 2.27.